The maximum absolute atomic E-state index is 12.5. The van der Waals surface area contributed by atoms with Gasteiger partial charge in [0.25, 0.3) is 5.56 Å². The first-order valence-electron chi connectivity index (χ1n) is 8.98. The molecule has 3 aromatic rings. The highest BCUT2D eigenvalue weighted by molar-refractivity contribution is 7.17. The van der Waals surface area contributed by atoms with Gasteiger partial charge >= 0.3 is 5.97 Å². The Hall–Kier alpha value is -2.52. The van der Waals surface area contributed by atoms with Crippen LogP contribution in [0.4, 0.5) is 5.00 Å². The van der Waals surface area contributed by atoms with Gasteiger partial charge in [-0.25, -0.2) is 9.78 Å². The van der Waals surface area contributed by atoms with E-state index in [4.69, 9.17) is 4.74 Å². The number of nitrogens with one attached hydrogen (secondary N) is 1. The lowest BCUT2D eigenvalue weighted by Crippen LogP contribution is -2.23. The van der Waals surface area contributed by atoms with E-state index in [0.717, 1.165) is 10.4 Å². The molecule has 0 atom stereocenters. The average Bonchev–Trinajstić information content (AvgIpc) is 3.25. The number of thiophene rings is 2. The Morgan fingerprint density at radius 1 is 1.32 bits per heavy atom. The van der Waals surface area contributed by atoms with Gasteiger partial charge in [-0.1, -0.05) is 6.92 Å². The van der Waals surface area contributed by atoms with Crippen molar-refractivity contribution in [3.05, 3.63) is 44.1 Å². The molecule has 0 aliphatic carbocycles. The van der Waals surface area contributed by atoms with E-state index in [9.17, 15) is 14.4 Å². The number of anilines is 1. The molecule has 3 aromatic heterocycles. The van der Waals surface area contributed by atoms with Gasteiger partial charge in [-0.05, 0) is 37.3 Å². The van der Waals surface area contributed by atoms with E-state index in [1.807, 2.05) is 19.2 Å². The van der Waals surface area contributed by atoms with E-state index in [1.54, 1.807) is 13.0 Å². The van der Waals surface area contributed by atoms with Crippen LogP contribution in [0.2, 0.25) is 0 Å². The van der Waals surface area contributed by atoms with Crippen LogP contribution < -0.4 is 10.9 Å². The summed E-state index contributed by atoms with van der Waals surface area (Å²) >= 11 is 2.77. The monoisotopic (exact) mass is 419 g/mol. The number of carbonyl (C=O) groups is 2. The molecule has 7 nitrogen and oxygen atoms in total. The minimum absolute atomic E-state index is 0.0951. The molecule has 0 fully saturated rings. The van der Waals surface area contributed by atoms with E-state index in [-0.39, 0.29) is 31.0 Å². The van der Waals surface area contributed by atoms with Gasteiger partial charge < -0.3 is 10.1 Å². The molecule has 0 bridgehead atoms. The molecule has 1 N–H and O–H groups in total. The third-order valence-electron chi connectivity index (χ3n) is 4.33. The summed E-state index contributed by atoms with van der Waals surface area (Å²) in [5.74, 6) is -0.700. The molecular formula is C19H21N3O4S2. The second-order valence-electron chi connectivity index (χ2n) is 6.10. The van der Waals surface area contributed by atoms with Gasteiger partial charge in [-0.15, -0.1) is 22.7 Å². The lowest BCUT2D eigenvalue weighted by molar-refractivity contribution is -0.116. The van der Waals surface area contributed by atoms with Crippen LogP contribution >= 0.6 is 22.7 Å². The number of hydrogen-bond donors (Lipinski definition) is 1. The molecule has 0 saturated heterocycles. The molecule has 0 aromatic carbocycles. The second-order valence-corrected chi connectivity index (χ2v) is 8.21. The number of carbonyl (C=O) groups excluding carboxylic acids is 2. The molecule has 0 aliphatic rings. The summed E-state index contributed by atoms with van der Waals surface area (Å²) < 4.78 is 6.58. The number of aromatic nitrogens is 2. The first-order chi connectivity index (χ1) is 13.5. The molecule has 28 heavy (non-hydrogen) atoms. The summed E-state index contributed by atoms with van der Waals surface area (Å²) in [4.78, 5) is 43.1. The molecule has 0 aliphatic heterocycles. The lowest BCUT2D eigenvalue weighted by atomic mass is 10.1. The largest absolute Gasteiger partial charge is 0.462 e. The minimum atomic E-state index is -0.428. The number of amides is 1. The van der Waals surface area contributed by atoms with Gasteiger partial charge in [0.1, 0.15) is 9.83 Å². The predicted octanol–water partition coefficient (Wildman–Crippen LogP) is 3.60. The third-order valence-corrected chi connectivity index (χ3v) is 6.21. The van der Waals surface area contributed by atoms with Crippen molar-refractivity contribution in [2.24, 2.45) is 0 Å². The molecule has 0 unspecified atom stereocenters. The number of aryl methyl sites for hydroxylation is 2. The van der Waals surface area contributed by atoms with Crippen molar-refractivity contribution < 1.29 is 14.3 Å². The van der Waals surface area contributed by atoms with Gasteiger partial charge in [0.2, 0.25) is 5.91 Å². The molecule has 0 saturated carbocycles. The molecule has 3 heterocycles. The Bertz CT molecular complexity index is 1080. The Labute approximate surface area is 170 Å². The van der Waals surface area contributed by atoms with Crippen LogP contribution in [0.1, 0.15) is 41.1 Å². The zero-order chi connectivity index (χ0) is 20.3. The fraction of sp³-hybridized carbons (Fsp3) is 0.368. The minimum Gasteiger partial charge on any atom is -0.462 e. The molecule has 1 amide bonds. The highest BCUT2D eigenvalue weighted by atomic mass is 32.1. The predicted molar refractivity (Wildman–Crippen MR) is 112 cm³/mol. The zero-order valence-electron chi connectivity index (χ0n) is 15.9. The fourth-order valence-corrected chi connectivity index (χ4v) is 4.85. The van der Waals surface area contributed by atoms with Crippen molar-refractivity contribution in [1.82, 2.24) is 9.55 Å². The first-order valence-corrected chi connectivity index (χ1v) is 10.7. The average molecular weight is 420 g/mol. The summed E-state index contributed by atoms with van der Waals surface area (Å²) in [6, 6.07) is 1.73. The molecule has 9 heteroatoms. The molecule has 0 radical (unpaired) electrons. The maximum atomic E-state index is 12.5. The smallest absolute Gasteiger partial charge is 0.341 e. The molecule has 148 valence electrons. The van der Waals surface area contributed by atoms with E-state index in [0.29, 0.717) is 27.2 Å². The first kappa shape index (κ1) is 20.2. The lowest BCUT2D eigenvalue weighted by Gasteiger charge is -2.09. The topological polar surface area (TPSA) is 90.3 Å². The number of hydrogen-bond acceptors (Lipinski definition) is 7. The number of rotatable bonds is 7. The van der Waals surface area contributed by atoms with Gasteiger partial charge in [0.05, 0.1) is 23.9 Å². The van der Waals surface area contributed by atoms with E-state index < -0.39 is 5.97 Å². The Balaban J connectivity index is 1.75. The summed E-state index contributed by atoms with van der Waals surface area (Å²) in [5.41, 5.74) is 1.16. The molecule has 3 rings (SSSR count). The van der Waals surface area contributed by atoms with Crippen molar-refractivity contribution in [2.45, 2.75) is 40.2 Å². The zero-order valence-corrected chi connectivity index (χ0v) is 17.5. The Morgan fingerprint density at radius 3 is 2.82 bits per heavy atom. The van der Waals surface area contributed by atoms with E-state index in [1.165, 1.54) is 33.6 Å². The summed E-state index contributed by atoms with van der Waals surface area (Å²) in [6.45, 7) is 6.11. The van der Waals surface area contributed by atoms with Gasteiger partial charge in [0.15, 0.2) is 0 Å². The Morgan fingerprint density at radius 2 is 2.11 bits per heavy atom. The summed E-state index contributed by atoms with van der Waals surface area (Å²) in [5, 5.41) is 5.68. The van der Waals surface area contributed by atoms with E-state index >= 15 is 0 Å². The number of fused-ring (bicyclic) bond motifs is 1. The normalized spacial score (nSPS) is 11.0. The van der Waals surface area contributed by atoms with Crippen LogP contribution in [-0.2, 0) is 22.5 Å². The van der Waals surface area contributed by atoms with Gasteiger partial charge in [-0.3, -0.25) is 14.2 Å². The summed E-state index contributed by atoms with van der Waals surface area (Å²) in [6.07, 6.45) is 2.23. The van der Waals surface area contributed by atoms with Crippen molar-refractivity contribution in [1.29, 1.82) is 0 Å². The summed E-state index contributed by atoms with van der Waals surface area (Å²) in [7, 11) is 0. The third kappa shape index (κ3) is 4.00. The molecule has 0 spiro atoms. The van der Waals surface area contributed by atoms with Crippen molar-refractivity contribution >= 4 is 49.8 Å². The highest BCUT2D eigenvalue weighted by Gasteiger charge is 2.23. The van der Waals surface area contributed by atoms with Crippen molar-refractivity contribution in [2.75, 3.05) is 11.9 Å². The Kier molecular flexibility index (Phi) is 6.25. The number of nitrogens with zero attached hydrogens (tertiary/aromatic N) is 2. The van der Waals surface area contributed by atoms with Crippen LogP contribution in [0, 0.1) is 6.92 Å². The van der Waals surface area contributed by atoms with Crippen LogP contribution in [0.25, 0.3) is 10.2 Å². The van der Waals surface area contributed by atoms with Crippen LogP contribution in [-0.4, -0.2) is 28.0 Å². The fourth-order valence-electron chi connectivity index (χ4n) is 2.98. The van der Waals surface area contributed by atoms with Crippen LogP contribution in [0.15, 0.2) is 22.6 Å². The van der Waals surface area contributed by atoms with Crippen molar-refractivity contribution in [3.63, 3.8) is 0 Å². The highest BCUT2D eigenvalue weighted by Crippen LogP contribution is 2.34. The van der Waals surface area contributed by atoms with Gasteiger partial charge in [0, 0.05) is 17.8 Å². The van der Waals surface area contributed by atoms with Crippen LogP contribution in [0.5, 0.6) is 0 Å². The van der Waals surface area contributed by atoms with Crippen molar-refractivity contribution in [3.8, 4) is 0 Å². The number of ether oxygens (including phenoxy) is 1. The SMILES string of the molecule is CCOC(=O)c1c(NC(=O)CCn2cnc3sccc3c2=O)sc(C)c1CC. The van der Waals surface area contributed by atoms with Gasteiger partial charge in [-0.2, -0.15) is 0 Å². The maximum Gasteiger partial charge on any atom is 0.341 e. The quantitative estimate of drug-likeness (QED) is 0.591. The van der Waals surface area contributed by atoms with Crippen LogP contribution in [0.3, 0.4) is 0 Å². The number of esters is 1. The molecular weight excluding hydrogens is 398 g/mol. The van der Waals surface area contributed by atoms with E-state index in [2.05, 4.69) is 10.3 Å². The second kappa shape index (κ2) is 8.66. The standard InChI is InChI=1S/C19H21N3O4S2/c1-4-12-11(3)28-17(15(12)19(25)26-5-2)21-14(23)6-8-22-10-20-16-13(18(22)24)7-9-27-16/h7,9-10H,4-6,8H2,1-3H3,(H,21,23).